The molecule has 0 aliphatic heterocycles. The van der Waals surface area contributed by atoms with Gasteiger partial charge < -0.3 is 9.64 Å². The molecule has 0 unspecified atom stereocenters. The highest BCUT2D eigenvalue weighted by atomic mass is 16.6. The lowest BCUT2D eigenvalue weighted by Gasteiger charge is -2.09. The van der Waals surface area contributed by atoms with E-state index in [4.69, 9.17) is 4.74 Å². The predicted octanol–water partition coefficient (Wildman–Crippen LogP) is 3.70. The fourth-order valence-corrected chi connectivity index (χ4v) is 2.92. The van der Waals surface area contributed by atoms with Gasteiger partial charge in [-0.3, -0.25) is 10.1 Å². The van der Waals surface area contributed by atoms with E-state index in [1.807, 2.05) is 56.6 Å². The van der Waals surface area contributed by atoms with Crippen molar-refractivity contribution < 1.29 is 9.66 Å². The Hall–Kier alpha value is -3.19. The van der Waals surface area contributed by atoms with Crippen molar-refractivity contribution in [1.82, 2.24) is 14.7 Å². The fourth-order valence-electron chi connectivity index (χ4n) is 2.92. The third kappa shape index (κ3) is 5.17. The van der Waals surface area contributed by atoms with Crippen LogP contribution in [0.1, 0.15) is 17.7 Å². The summed E-state index contributed by atoms with van der Waals surface area (Å²) >= 11 is 0. The van der Waals surface area contributed by atoms with Gasteiger partial charge in [-0.05, 0) is 32.1 Å². The predicted molar refractivity (Wildman–Crippen MR) is 108 cm³/mol. The van der Waals surface area contributed by atoms with Crippen molar-refractivity contribution in [3.05, 3.63) is 82.0 Å². The Kier molecular flexibility index (Phi) is 6.39. The summed E-state index contributed by atoms with van der Waals surface area (Å²) in [7, 11) is 4.05. The van der Waals surface area contributed by atoms with Crippen molar-refractivity contribution in [1.29, 1.82) is 0 Å². The SMILES string of the molecule is CN(C)CCCOc1cc(Cc2ccccc2)n(-c2cccc([N+](=O)[O-])c2)n1. The van der Waals surface area contributed by atoms with E-state index in [9.17, 15) is 10.1 Å². The molecular weight excluding hydrogens is 356 g/mol. The smallest absolute Gasteiger partial charge is 0.271 e. The van der Waals surface area contributed by atoms with Crippen LogP contribution in [0, 0.1) is 10.1 Å². The summed E-state index contributed by atoms with van der Waals surface area (Å²) in [6.45, 7) is 1.50. The number of rotatable bonds is 9. The summed E-state index contributed by atoms with van der Waals surface area (Å²) in [5.41, 5.74) is 2.72. The van der Waals surface area contributed by atoms with Crippen molar-refractivity contribution in [2.75, 3.05) is 27.2 Å². The van der Waals surface area contributed by atoms with Gasteiger partial charge in [-0.2, -0.15) is 0 Å². The molecule has 0 bridgehead atoms. The topological polar surface area (TPSA) is 73.4 Å². The molecule has 146 valence electrons. The van der Waals surface area contributed by atoms with Crippen LogP contribution in [0.4, 0.5) is 5.69 Å². The van der Waals surface area contributed by atoms with Gasteiger partial charge in [-0.1, -0.05) is 36.4 Å². The number of hydrogen-bond donors (Lipinski definition) is 0. The van der Waals surface area contributed by atoms with Gasteiger partial charge in [0.15, 0.2) is 0 Å². The molecule has 0 atom stereocenters. The molecule has 3 rings (SSSR count). The van der Waals surface area contributed by atoms with Crippen molar-refractivity contribution in [3.8, 4) is 11.6 Å². The number of nitro benzene ring substituents is 1. The Morgan fingerprint density at radius 2 is 1.89 bits per heavy atom. The normalized spacial score (nSPS) is 11.0. The van der Waals surface area contributed by atoms with Crippen molar-refractivity contribution in [2.45, 2.75) is 12.8 Å². The Morgan fingerprint density at radius 3 is 2.61 bits per heavy atom. The number of nitrogens with zero attached hydrogens (tertiary/aromatic N) is 4. The van der Waals surface area contributed by atoms with Crippen LogP contribution in [0.2, 0.25) is 0 Å². The summed E-state index contributed by atoms with van der Waals surface area (Å²) < 4.78 is 7.55. The van der Waals surface area contributed by atoms with Crippen LogP contribution in [0.15, 0.2) is 60.7 Å². The second-order valence-electron chi connectivity index (χ2n) is 6.83. The molecule has 0 spiro atoms. The zero-order valence-corrected chi connectivity index (χ0v) is 16.1. The molecule has 0 radical (unpaired) electrons. The number of ether oxygens (including phenoxy) is 1. The van der Waals surface area contributed by atoms with E-state index >= 15 is 0 Å². The van der Waals surface area contributed by atoms with Crippen molar-refractivity contribution in [2.24, 2.45) is 0 Å². The average molecular weight is 380 g/mol. The Labute approximate surface area is 164 Å². The second kappa shape index (κ2) is 9.14. The summed E-state index contributed by atoms with van der Waals surface area (Å²) in [5.74, 6) is 0.524. The number of aromatic nitrogens is 2. The van der Waals surface area contributed by atoms with Crippen LogP contribution in [-0.4, -0.2) is 46.9 Å². The van der Waals surface area contributed by atoms with Crippen LogP contribution in [0.3, 0.4) is 0 Å². The van der Waals surface area contributed by atoms with Crippen LogP contribution in [-0.2, 0) is 6.42 Å². The molecule has 1 aromatic heterocycles. The van der Waals surface area contributed by atoms with E-state index in [1.54, 1.807) is 10.7 Å². The minimum atomic E-state index is -0.400. The van der Waals surface area contributed by atoms with Gasteiger partial charge in [0.2, 0.25) is 5.88 Å². The van der Waals surface area contributed by atoms with E-state index in [1.165, 1.54) is 12.1 Å². The lowest BCUT2D eigenvalue weighted by atomic mass is 10.1. The number of nitro groups is 1. The first-order chi connectivity index (χ1) is 13.5. The highest BCUT2D eigenvalue weighted by Gasteiger charge is 2.14. The fraction of sp³-hybridized carbons (Fsp3) is 0.286. The minimum absolute atomic E-state index is 0.0344. The first kappa shape index (κ1) is 19.6. The molecule has 2 aromatic carbocycles. The van der Waals surface area contributed by atoms with E-state index in [2.05, 4.69) is 10.00 Å². The standard InChI is InChI=1S/C21H24N4O3/c1-23(2)12-7-13-28-21-16-20(14-17-8-4-3-5-9-17)24(22-21)18-10-6-11-19(15-18)25(26)27/h3-6,8-11,15-16H,7,12-14H2,1-2H3. The van der Waals surface area contributed by atoms with Crippen LogP contribution < -0.4 is 4.74 Å². The molecule has 0 fully saturated rings. The molecule has 0 saturated carbocycles. The van der Waals surface area contributed by atoms with Gasteiger partial charge in [0.05, 0.1) is 22.9 Å². The quantitative estimate of drug-likeness (QED) is 0.321. The molecule has 0 aliphatic carbocycles. The highest BCUT2D eigenvalue weighted by molar-refractivity contribution is 5.44. The van der Waals surface area contributed by atoms with Gasteiger partial charge in [0, 0.05) is 31.2 Å². The third-order valence-corrected chi connectivity index (χ3v) is 4.27. The molecule has 0 saturated heterocycles. The lowest BCUT2D eigenvalue weighted by Crippen LogP contribution is -2.15. The Balaban J connectivity index is 1.87. The molecule has 0 aliphatic rings. The number of non-ortho nitro benzene ring substituents is 1. The van der Waals surface area contributed by atoms with Gasteiger partial charge >= 0.3 is 0 Å². The second-order valence-corrected chi connectivity index (χ2v) is 6.83. The van der Waals surface area contributed by atoms with Crippen LogP contribution in [0.5, 0.6) is 5.88 Å². The summed E-state index contributed by atoms with van der Waals surface area (Å²) in [4.78, 5) is 12.8. The summed E-state index contributed by atoms with van der Waals surface area (Å²) in [6, 6.07) is 18.4. The van der Waals surface area contributed by atoms with E-state index in [-0.39, 0.29) is 5.69 Å². The van der Waals surface area contributed by atoms with Crippen LogP contribution in [0.25, 0.3) is 5.69 Å². The molecular formula is C21H24N4O3. The zero-order valence-electron chi connectivity index (χ0n) is 16.1. The summed E-state index contributed by atoms with van der Waals surface area (Å²) in [6.07, 6.45) is 1.54. The average Bonchev–Trinajstić information content (AvgIpc) is 3.08. The van der Waals surface area contributed by atoms with Crippen molar-refractivity contribution >= 4 is 5.69 Å². The van der Waals surface area contributed by atoms with Gasteiger partial charge in [-0.15, -0.1) is 5.10 Å². The van der Waals surface area contributed by atoms with Crippen LogP contribution >= 0.6 is 0 Å². The maximum Gasteiger partial charge on any atom is 0.271 e. The number of hydrogen-bond acceptors (Lipinski definition) is 5. The molecule has 28 heavy (non-hydrogen) atoms. The number of benzene rings is 2. The zero-order chi connectivity index (χ0) is 19.9. The van der Waals surface area contributed by atoms with Gasteiger partial charge in [-0.25, -0.2) is 4.68 Å². The monoisotopic (exact) mass is 380 g/mol. The largest absolute Gasteiger partial charge is 0.477 e. The Bertz CT molecular complexity index is 922. The molecule has 0 amide bonds. The van der Waals surface area contributed by atoms with E-state index < -0.39 is 4.92 Å². The maximum absolute atomic E-state index is 11.1. The molecule has 1 heterocycles. The highest BCUT2D eigenvalue weighted by Crippen LogP contribution is 2.23. The molecule has 7 heteroatoms. The molecule has 7 nitrogen and oxygen atoms in total. The summed E-state index contributed by atoms with van der Waals surface area (Å²) in [5, 5.41) is 15.7. The van der Waals surface area contributed by atoms with E-state index in [0.29, 0.717) is 24.6 Å². The first-order valence-corrected chi connectivity index (χ1v) is 9.18. The lowest BCUT2D eigenvalue weighted by molar-refractivity contribution is -0.384. The minimum Gasteiger partial charge on any atom is -0.477 e. The first-order valence-electron chi connectivity index (χ1n) is 9.18. The van der Waals surface area contributed by atoms with Gasteiger partial charge in [0.25, 0.3) is 5.69 Å². The molecule has 0 N–H and O–H groups in total. The van der Waals surface area contributed by atoms with Gasteiger partial charge in [0.1, 0.15) is 0 Å². The van der Waals surface area contributed by atoms with Crippen molar-refractivity contribution in [3.63, 3.8) is 0 Å². The molecule has 3 aromatic rings. The Morgan fingerprint density at radius 1 is 1.11 bits per heavy atom. The third-order valence-electron chi connectivity index (χ3n) is 4.27. The van der Waals surface area contributed by atoms with E-state index in [0.717, 1.165) is 24.2 Å². The maximum atomic E-state index is 11.1.